The molecule has 2 aromatic carbocycles. The number of hydrogen-bond acceptors (Lipinski definition) is 1. The van der Waals surface area contributed by atoms with E-state index in [1.807, 2.05) is 24.7 Å². The van der Waals surface area contributed by atoms with Crippen molar-refractivity contribution in [1.29, 1.82) is 0 Å². The number of halogens is 1. The van der Waals surface area contributed by atoms with Crippen LogP contribution < -0.4 is 5.32 Å². The Hall–Kier alpha value is -0.870. The fourth-order valence-corrected chi connectivity index (χ4v) is 1.80. The molecule has 0 saturated heterocycles. The van der Waals surface area contributed by atoms with Gasteiger partial charge in [-0.3, -0.25) is 0 Å². The van der Waals surface area contributed by atoms with Crippen LogP contribution >= 0.6 is 22.6 Å². The third-order valence-corrected chi connectivity index (χ3v) is 3.01. The van der Waals surface area contributed by atoms with Crippen molar-refractivity contribution in [2.45, 2.75) is 6.54 Å². The van der Waals surface area contributed by atoms with Crippen molar-refractivity contribution in [2.75, 3.05) is 0 Å². The Balaban J connectivity index is 1.82. The maximum Gasteiger partial charge on any atom is 0.0521 e. The minimum absolute atomic E-state index is 0.867. The number of rotatable bonds is 4. The van der Waals surface area contributed by atoms with Crippen LogP contribution in [0.2, 0.25) is 0 Å². The van der Waals surface area contributed by atoms with Crippen LogP contribution in [0.3, 0.4) is 0 Å². The number of nitrogens with one attached hydrogen (secondary N) is 1. The average Bonchev–Trinajstić information content (AvgIpc) is 2.33. The zero-order valence-electron chi connectivity index (χ0n) is 8.86. The molecule has 2 rings (SSSR count). The Morgan fingerprint density at radius 3 is 2.31 bits per heavy atom. The van der Waals surface area contributed by atoms with Gasteiger partial charge in [-0.2, -0.15) is 0 Å². The lowest BCUT2D eigenvalue weighted by atomic mass is 10.2. The smallest absolute Gasteiger partial charge is 0.0521 e. The summed E-state index contributed by atoms with van der Waals surface area (Å²) in [6.45, 7) is 2.91. The van der Waals surface area contributed by atoms with Gasteiger partial charge in [0.15, 0.2) is 0 Å². The van der Waals surface area contributed by atoms with E-state index in [9.17, 15) is 0 Å². The van der Waals surface area contributed by atoms with E-state index in [0.717, 1.165) is 6.54 Å². The van der Waals surface area contributed by atoms with Crippen molar-refractivity contribution in [3.63, 3.8) is 0 Å². The quantitative estimate of drug-likeness (QED) is 0.848. The lowest BCUT2D eigenvalue weighted by Crippen LogP contribution is -2.10. The molecule has 16 heavy (non-hydrogen) atoms. The van der Waals surface area contributed by atoms with Gasteiger partial charge in [0.1, 0.15) is 0 Å². The summed E-state index contributed by atoms with van der Waals surface area (Å²) >= 11 is 2.32. The van der Waals surface area contributed by atoms with Crippen molar-refractivity contribution in [3.8, 4) is 0 Å². The van der Waals surface area contributed by atoms with Crippen LogP contribution in [-0.2, 0) is 6.54 Å². The zero-order valence-corrected chi connectivity index (χ0v) is 11.0. The largest absolute Gasteiger partial charge is 0.304 e. The summed E-state index contributed by atoms with van der Waals surface area (Å²) < 4.78 is 1.27. The second-order valence-corrected chi connectivity index (χ2v) is 4.81. The Kier molecular flexibility index (Phi) is 4.36. The molecule has 0 unspecified atom stereocenters. The summed E-state index contributed by atoms with van der Waals surface area (Å²) in [6.07, 6.45) is 0. The van der Waals surface area contributed by atoms with Crippen molar-refractivity contribution in [2.24, 2.45) is 0 Å². The Morgan fingerprint density at radius 1 is 0.938 bits per heavy atom. The lowest BCUT2D eigenvalue weighted by Gasteiger charge is -2.04. The standard InChI is InChI=1S/C14H13IN/c15-14-8-6-13(7-9-14)11-16-10-12-4-2-1-3-5-12/h1-10,16H,11H2. The summed E-state index contributed by atoms with van der Waals surface area (Å²) in [5.41, 5.74) is 2.50. The summed E-state index contributed by atoms with van der Waals surface area (Å²) in [6, 6.07) is 18.8. The molecule has 0 aromatic heterocycles. The summed E-state index contributed by atoms with van der Waals surface area (Å²) in [7, 11) is 0. The van der Waals surface area contributed by atoms with Gasteiger partial charge in [0.25, 0.3) is 0 Å². The molecule has 2 aromatic rings. The molecule has 1 nitrogen and oxygen atoms in total. The molecule has 0 aliphatic rings. The van der Waals surface area contributed by atoms with E-state index in [1.54, 1.807) is 0 Å². The molecule has 1 N–H and O–H groups in total. The molecule has 1 radical (unpaired) electrons. The van der Waals surface area contributed by atoms with Gasteiger partial charge in [-0.25, -0.2) is 0 Å². The Labute approximate surface area is 110 Å². The third-order valence-electron chi connectivity index (χ3n) is 2.29. The van der Waals surface area contributed by atoms with E-state index in [4.69, 9.17) is 0 Å². The fourth-order valence-electron chi connectivity index (χ4n) is 1.44. The normalized spacial score (nSPS) is 10.3. The Morgan fingerprint density at radius 2 is 1.62 bits per heavy atom. The van der Waals surface area contributed by atoms with Crippen LogP contribution in [0.4, 0.5) is 0 Å². The SMILES string of the molecule is Ic1ccc(CN[CH]c2ccccc2)cc1. The van der Waals surface area contributed by atoms with Crippen LogP contribution in [0.15, 0.2) is 54.6 Å². The fraction of sp³-hybridized carbons (Fsp3) is 0.0714. The molecular weight excluding hydrogens is 309 g/mol. The predicted molar refractivity (Wildman–Crippen MR) is 75.8 cm³/mol. The van der Waals surface area contributed by atoms with E-state index in [1.165, 1.54) is 14.7 Å². The van der Waals surface area contributed by atoms with E-state index in [2.05, 4.69) is 64.3 Å². The average molecular weight is 322 g/mol. The van der Waals surface area contributed by atoms with Crippen LogP contribution in [0.25, 0.3) is 0 Å². The molecule has 0 aliphatic heterocycles. The first-order chi connectivity index (χ1) is 7.84. The maximum absolute atomic E-state index is 3.31. The highest BCUT2D eigenvalue weighted by atomic mass is 127. The van der Waals surface area contributed by atoms with Crippen molar-refractivity contribution in [3.05, 3.63) is 75.8 Å². The summed E-state index contributed by atoms with van der Waals surface area (Å²) in [4.78, 5) is 0. The molecule has 0 heterocycles. The van der Waals surface area contributed by atoms with Gasteiger partial charge in [-0.05, 0) is 45.9 Å². The second kappa shape index (κ2) is 6.01. The number of benzene rings is 2. The summed E-state index contributed by atoms with van der Waals surface area (Å²) in [5.74, 6) is 0. The van der Waals surface area contributed by atoms with Gasteiger partial charge in [-0.15, -0.1) is 0 Å². The molecule has 0 fully saturated rings. The summed E-state index contributed by atoms with van der Waals surface area (Å²) in [5, 5.41) is 3.31. The van der Waals surface area contributed by atoms with E-state index < -0.39 is 0 Å². The zero-order chi connectivity index (χ0) is 11.2. The topological polar surface area (TPSA) is 12.0 Å². The highest BCUT2D eigenvalue weighted by Gasteiger charge is 1.94. The van der Waals surface area contributed by atoms with Crippen LogP contribution in [0.1, 0.15) is 11.1 Å². The monoisotopic (exact) mass is 322 g/mol. The van der Waals surface area contributed by atoms with Gasteiger partial charge in [0, 0.05) is 10.1 Å². The molecule has 2 heteroatoms. The third kappa shape index (κ3) is 3.61. The van der Waals surface area contributed by atoms with Gasteiger partial charge < -0.3 is 5.32 Å². The minimum Gasteiger partial charge on any atom is -0.304 e. The predicted octanol–water partition coefficient (Wildman–Crippen LogP) is 3.59. The molecule has 0 saturated carbocycles. The first kappa shape index (κ1) is 11.6. The molecular formula is C14H13IN. The second-order valence-electron chi connectivity index (χ2n) is 3.56. The van der Waals surface area contributed by atoms with Crippen molar-refractivity contribution in [1.82, 2.24) is 5.32 Å². The molecule has 0 atom stereocenters. The van der Waals surface area contributed by atoms with E-state index >= 15 is 0 Å². The molecule has 81 valence electrons. The van der Waals surface area contributed by atoms with Gasteiger partial charge in [0.05, 0.1) is 6.54 Å². The van der Waals surface area contributed by atoms with E-state index in [-0.39, 0.29) is 0 Å². The highest BCUT2D eigenvalue weighted by molar-refractivity contribution is 14.1. The van der Waals surface area contributed by atoms with Crippen molar-refractivity contribution >= 4 is 22.6 Å². The lowest BCUT2D eigenvalue weighted by molar-refractivity contribution is 0.819. The van der Waals surface area contributed by atoms with Crippen molar-refractivity contribution < 1.29 is 0 Å². The molecule has 0 spiro atoms. The first-order valence-electron chi connectivity index (χ1n) is 5.21. The maximum atomic E-state index is 3.31. The van der Waals surface area contributed by atoms with Crippen LogP contribution in [0.5, 0.6) is 0 Å². The Bertz CT molecular complexity index is 422. The molecule has 0 amide bonds. The van der Waals surface area contributed by atoms with Crippen LogP contribution in [0, 0.1) is 10.1 Å². The number of hydrogen-bond donors (Lipinski definition) is 1. The first-order valence-corrected chi connectivity index (χ1v) is 6.28. The van der Waals surface area contributed by atoms with Crippen LogP contribution in [-0.4, -0.2) is 0 Å². The highest BCUT2D eigenvalue weighted by Crippen LogP contribution is 2.07. The van der Waals surface area contributed by atoms with Gasteiger partial charge >= 0.3 is 0 Å². The van der Waals surface area contributed by atoms with Gasteiger partial charge in [0.2, 0.25) is 0 Å². The van der Waals surface area contributed by atoms with E-state index in [0.29, 0.717) is 0 Å². The molecule has 0 aliphatic carbocycles. The minimum atomic E-state index is 0.867. The molecule has 0 bridgehead atoms. The van der Waals surface area contributed by atoms with Gasteiger partial charge in [-0.1, -0.05) is 42.5 Å².